The zero-order valence-corrected chi connectivity index (χ0v) is 15.2. The van der Waals surface area contributed by atoms with E-state index in [1.807, 2.05) is 13.0 Å². The van der Waals surface area contributed by atoms with Gasteiger partial charge in [0.25, 0.3) is 0 Å². The molecule has 0 aromatic heterocycles. The number of ether oxygens (including phenoxy) is 1. The van der Waals surface area contributed by atoms with Gasteiger partial charge in [-0.2, -0.15) is 0 Å². The van der Waals surface area contributed by atoms with Gasteiger partial charge in [0.05, 0.1) is 5.41 Å². The molecular formula is C21H26O4. The third-order valence-electron chi connectivity index (χ3n) is 7.54. The lowest BCUT2D eigenvalue weighted by molar-refractivity contribution is -0.163. The number of hydrogen-bond acceptors (Lipinski definition) is 4. The molecule has 4 heteroatoms. The lowest BCUT2D eigenvalue weighted by Gasteiger charge is -2.54. The number of rotatable bonds is 1. The predicted octanol–water partition coefficient (Wildman–Crippen LogP) is 3.41. The molecule has 4 aliphatic carbocycles. The fraction of sp³-hybridized carbons (Fsp3) is 0.667. The number of esters is 1. The largest absolute Gasteiger partial charge is 0.446 e. The van der Waals surface area contributed by atoms with E-state index in [-0.39, 0.29) is 11.7 Å². The van der Waals surface area contributed by atoms with Crippen molar-refractivity contribution in [3.8, 4) is 0 Å². The van der Waals surface area contributed by atoms with Crippen LogP contribution in [0.3, 0.4) is 0 Å². The molecule has 0 saturated heterocycles. The highest BCUT2D eigenvalue weighted by atomic mass is 16.5. The molecule has 134 valence electrons. The molecule has 6 atom stereocenters. The first kappa shape index (κ1) is 16.7. The van der Waals surface area contributed by atoms with Crippen molar-refractivity contribution in [2.24, 2.45) is 28.6 Å². The third kappa shape index (κ3) is 2.22. The van der Waals surface area contributed by atoms with E-state index in [9.17, 15) is 14.4 Å². The minimum atomic E-state index is -1.27. The van der Waals surface area contributed by atoms with E-state index in [0.29, 0.717) is 17.3 Å². The Morgan fingerprint density at radius 3 is 2.64 bits per heavy atom. The Hall–Kier alpha value is -1.71. The molecule has 25 heavy (non-hydrogen) atoms. The molecule has 4 nitrogen and oxygen atoms in total. The molecule has 0 spiro atoms. The molecule has 1 unspecified atom stereocenters. The monoisotopic (exact) mass is 342 g/mol. The second kappa shape index (κ2) is 5.39. The normalized spacial score (nSPS) is 45.3. The maximum absolute atomic E-state index is 13.3. The van der Waals surface area contributed by atoms with Crippen LogP contribution in [0.2, 0.25) is 0 Å². The maximum atomic E-state index is 13.3. The average Bonchev–Trinajstić information content (AvgIpc) is 2.95. The van der Waals surface area contributed by atoms with Crippen LogP contribution in [0.5, 0.6) is 0 Å². The summed E-state index contributed by atoms with van der Waals surface area (Å²) in [5.41, 5.74) is 0.456. The van der Waals surface area contributed by atoms with Crippen LogP contribution in [-0.4, -0.2) is 23.6 Å². The molecule has 0 radical (unpaired) electrons. The first-order valence-electron chi connectivity index (χ1n) is 9.43. The molecule has 0 bridgehead atoms. The Bertz CT molecular complexity index is 717. The summed E-state index contributed by atoms with van der Waals surface area (Å²) in [5.74, 6) is -0.0407. The standard InChI is InChI=1S/C21H26O4/c1-12(22)25-18-17(23)11-13-6-7-14-15-5-4-9-20(15,2)10-8-16(14)21(13,3)19(18)24/h6-7,11,14-16,18H,4-5,8-10H2,1-3H3/t14-,15-,16-,18?,20-,21-/m0/s1. The van der Waals surface area contributed by atoms with E-state index in [1.54, 1.807) is 0 Å². The second-order valence-corrected chi connectivity index (χ2v) is 8.79. The van der Waals surface area contributed by atoms with Crippen molar-refractivity contribution in [1.29, 1.82) is 0 Å². The second-order valence-electron chi connectivity index (χ2n) is 8.79. The van der Waals surface area contributed by atoms with Gasteiger partial charge in [0.1, 0.15) is 0 Å². The lowest BCUT2D eigenvalue weighted by Crippen LogP contribution is -2.56. The van der Waals surface area contributed by atoms with Crippen LogP contribution in [0.15, 0.2) is 23.8 Å². The molecule has 0 amide bonds. The van der Waals surface area contributed by atoms with Gasteiger partial charge in [-0.15, -0.1) is 0 Å². The van der Waals surface area contributed by atoms with Crippen molar-refractivity contribution in [2.45, 2.75) is 59.0 Å². The summed E-state index contributed by atoms with van der Waals surface area (Å²) in [6.07, 6.45) is 10.4. The number of ketones is 2. The SMILES string of the molecule is CC(=O)OC1C(=O)C=C2C=C[C@H]3[C@@H]4CCC[C@@]4(C)CC[C@@H]3[C@@]2(C)C1=O. The van der Waals surface area contributed by atoms with Crippen LogP contribution in [-0.2, 0) is 19.1 Å². The molecule has 2 fully saturated rings. The van der Waals surface area contributed by atoms with Crippen LogP contribution in [0.1, 0.15) is 52.9 Å². The fourth-order valence-corrected chi connectivity index (χ4v) is 6.16. The molecule has 4 aliphatic rings. The molecule has 0 aromatic carbocycles. The minimum Gasteiger partial charge on any atom is -0.446 e. The Morgan fingerprint density at radius 2 is 1.92 bits per heavy atom. The molecule has 0 heterocycles. The Balaban J connectivity index is 1.76. The Kier molecular flexibility index (Phi) is 3.61. The van der Waals surface area contributed by atoms with Crippen LogP contribution in [0.4, 0.5) is 0 Å². The summed E-state index contributed by atoms with van der Waals surface area (Å²) in [4.78, 5) is 37.0. The van der Waals surface area contributed by atoms with E-state index in [0.717, 1.165) is 18.4 Å². The summed E-state index contributed by atoms with van der Waals surface area (Å²) in [6.45, 7) is 5.61. The summed E-state index contributed by atoms with van der Waals surface area (Å²) in [5, 5.41) is 0. The molecule has 0 N–H and O–H groups in total. The highest BCUT2D eigenvalue weighted by molar-refractivity contribution is 6.17. The zero-order chi connectivity index (χ0) is 18.0. The molecule has 0 aromatic rings. The topological polar surface area (TPSA) is 60.4 Å². The van der Waals surface area contributed by atoms with Gasteiger partial charge < -0.3 is 4.74 Å². The Labute approximate surface area is 148 Å². The first-order valence-corrected chi connectivity index (χ1v) is 9.43. The summed E-state index contributed by atoms with van der Waals surface area (Å²) >= 11 is 0. The van der Waals surface area contributed by atoms with Crippen LogP contribution >= 0.6 is 0 Å². The number of allylic oxidation sites excluding steroid dienone is 3. The van der Waals surface area contributed by atoms with Crippen molar-refractivity contribution in [3.63, 3.8) is 0 Å². The van der Waals surface area contributed by atoms with Gasteiger partial charge >= 0.3 is 5.97 Å². The van der Waals surface area contributed by atoms with Gasteiger partial charge in [-0.05, 0) is 67.4 Å². The van der Waals surface area contributed by atoms with Gasteiger partial charge in [-0.3, -0.25) is 14.4 Å². The highest BCUT2D eigenvalue weighted by Crippen LogP contribution is 2.62. The number of carbonyl (C=O) groups is 3. The Morgan fingerprint density at radius 1 is 1.16 bits per heavy atom. The molecule has 4 rings (SSSR count). The number of hydrogen-bond donors (Lipinski definition) is 0. The van der Waals surface area contributed by atoms with Crippen molar-refractivity contribution in [2.75, 3.05) is 0 Å². The van der Waals surface area contributed by atoms with Gasteiger partial charge in [0, 0.05) is 6.92 Å². The van der Waals surface area contributed by atoms with Gasteiger partial charge in [-0.1, -0.05) is 25.5 Å². The van der Waals surface area contributed by atoms with Gasteiger partial charge in [0.15, 0.2) is 5.78 Å². The number of carbonyl (C=O) groups excluding carboxylic acids is 3. The van der Waals surface area contributed by atoms with Crippen molar-refractivity contribution in [3.05, 3.63) is 23.8 Å². The van der Waals surface area contributed by atoms with Gasteiger partial charge in [0.2, 0.25) is 11.9 Å². The lowest BCUT2D eigenvalue weighted by atomic mass is 9.49. The smallest absolute Gasteiger partial charge is 0.303 e. The van der Waals surface area contributed by atoms with E-state index >= 15 is 0 Å². The third-order valence-corrected chi connectivity index (χ3v) is 7.54. The maximum Gasteiger partial charge on any atom is 0.303 e. The quantitative estimate of drug-likeness (QED) is 0.541. The molecule has 0 aliphatic heterocycles. The van der Waals surface area contributed by atoms with Crippen LogP contribution in [0, 0.1) is 28.6 Å². The zero-order valence-electron chi connectivity index (χ0n) is 15.2. The van der Waals surface area contributed by atoms with E-state index < -0.39 is 23.3 Å². The summed E-state index contributed by atoms with van der Waals surface area (Å²) in [7, 11) is 0. The minimum absolute atomic E-state index is 0.193. The molecule has 2 saturated carbocycles. The van der Waals surface area contributed by atoms with Gasteiger partial charge in [-0.25, -0.2) is 0 Å². The average molecular weight is 342 g/mol. The van der Waals surface area contributed by atoms with Crippen LogP contribution in [0.25, 0.3) is 0 Å². The van der Waals surface area contributed by atoms with Crippen molar-refractivity contribution in [1.82, 2.24) is 0 Å². The number of fused-ring (bicyclic) bond motifs is 5. The predicted molar refractivity (Wildman–Crippen MR) is 92.6 cm³/mol. The van der Waals surface area contributed by atoms with Crippen LogP contribution < -0.4 is 0 Å². The van der Waals surface area contributed by atoms with E-state index in [4.69, 9.17) is 4.74 Å². The first-order chi connectivity index (χ1) is 11.8. The van der Waals surface area contributed by atoms with E-state index in [1.165, 1.54) is 32.3 Å². The van der Waals surface area contributed by atoms with Crippen molar-refractivity contribution >= 4 is 17.5 Å². The summed E-state index contributed by atoms with van der Waals surface area (Å²) < 4.78 is 5.11. The summed E-state index contributed by atoms with van der Waals surface area (Å²) in [6, 6.07) is 0. The molecular weight excluding hydrogens is 316 g/mol. The van der Waals surface area contributed by atoms with Crippen molar-refractivity contribution < 1.29 is 19.1 Å². The number of Topliss-reactive ketones (excluding diaryl/α,β-unsaturated/α-hetero) is 1. The van der Waals surface area contributed by atoms with E-state index in [2.05, 4.69) is 13.0 Å². The fourth-order valence-electron chi connectivity index (χ4n) is 6.16. The highest BCUT2D eigenvalue weighted by Gasteiger charge is 2.60.